The maximum atomic E-state index is 13.8. The van der Waals surface area contributed by atoms with Crippen molar-refractivity contribution >= 4 is 15.9 Å². The molecule has 0 aliphatic carbocycles. The normalized spacial score (nSPS) is 12.6. The van der Waals surface area contributed by atoms with Crippen molar-refractivity contribution in [2.75, 3.05) is 0 Å². The van der Waals surface area contributed by atoms with E-state index in [1.165, 1.54) is 6.07 Å². The van der Waals surface area contributed by atoms with Gasteiger partial charge < -0.3 is 9.67 Å². The molecule has 1 aromatic carbocycles. The number of aromatic nitrogens is 2. The molecule has 2 rings (SSSR count). The molecule has 0 radical (unpaired) electrons. The van der Waals surface area contributed by atoms with Gasteiger partial charge in [0.25, 0.3) is 0 Å². The van der Waals surface area contributed by atoms with Gasteiger partial charge in [-0.05, 0) is 18.6 Å². The molecule has 1 N–H and O–H groups in total. The van der Waals surface area contributed by atoms with Crippen LogP contribution < -0.4 is 0 Å². The maximum Gasteiger partial charge on any atom is 0.130 e. The smallest absolute Gasteiger partial charge is 0.130 e. The molecule has 2 aromatic rings. The lowest BCUT2D eigenvalue weighted by Crippen LogP contribution is -2.10. The molecule has 0 spiro atoms. The Morgan fingerprint density at radius 1 is 1.47 bits per heavy atom. The molecule has 0 bridgehead atoms. The van der Waals surface area contributed by atoms with Gasteiger partial charge in [0.05, 0.1) is 6.10 Å². The van der Waals surface area contributed by atoms with Crippen LogP contribution in [0.25, 0.3) is 0 Å². The van der Waals surface area contributed by atoms with Crippen molar-refractivity contribution in [3.63, 3.8) is 0 Å². The highest BCUT2D eigenvalue weighted by Crippen LogP contribution is 2.23. The first-order chi connectivity index (χ1) is 9.11. The number of hydrogen-bond donors (Lipinski definition) is 1. The van der Waals surface area contributed by atoms with E-state index in [1.807, 2.05) is 10.8 Å². The van der Waals surface area contributed by atoms with Crippen LogP contribution in [0.4, 0.5) is 4.39 Å². The topological polar surface area (TPSA) is 38.0 Å². The lowest BCUT2D eigenvalue weighted by atomic mass is 10.1. The summed E-state index contributed by atoms with van der Waals surface area (Å²) in [6.07, 6.45) is 4.00. The van der Waals surface area contributed by atoms with Crippen LogP contribution in [-0.4, -0.2) is 14.7 Å². The molecule has 0 saturated heterocycles. The highest BCUT2D eigenvalue weighted by molar-refractivity contribution is 9.10. The molecule has 1 aromatic heterocycles. The van der Waals surface area contributed by atoms with Crippen molar-refractivity contribution in [3.05, 3.63) is 52.3 Å². The van der Waals surface area contributed by atoms with Gasteiger partial charge in [-0.1, -0.05) is 28.9 Å². The Hall–Kier alpha value is -1.20. The number of aliphatic hydroxyl groups is 1. The van der Waals surface area contributed by atoms with Gasteiger partial charge in [0.1, 0.15) is 11.6 Å². The third-order valence-electron chi connectivity index (χ3n) is 2.96. The van der Waals surface area contributed by atoms with E-state index in [1.54, 1.807) is 18.3 Å². The van der Waals surface area contributed by atoms with Crippen molar-refractivity contribution in [3.8, 4) is 0 Å². The van der Waals surface area contributed by atoms with Crippen LogP contribution in [0.3, 0.4) is 0 Å². The summed E-state index contributed by atoms with van der Waals surface area (Å²) < 4.78 is 16.4. The molecule has 1 unspecified atom stereocenters. The Balaban J connectivity index is 2.16. The fraction of sp³-hybridized carbons (Fsp3) is 0.357. The number of aliphatic hydroxyl groups excluding tert-OH is 1. The number of halogens is 2. The molecule has 19 heavy (non-hydrogen) atoms. The second-order valence-electron chi connectivity index (χ2n) is 4.42. The van der Waals surface area contributed by atoms with E-state index < -0.39 is 11.9 Å². The molecule has 102 valence electrons. The Kier molecular flexibility index (Phi) is 4.71. The quantitative estimate of drug-likeness (QED) is 0.913. The zero-order valence-electron chi connectivity index (χ0n) is 10.7. The predicted octanol–water partition coefficient (Wildman–Crippen LogP) is 3.47. The molecule has 0 amide bonds. The van der Waals surface area contributed by atoms with Crippen LogP contribution >= 0.6 is 15.9 Å². The van der Waals surface area contributed by atoms with Crippen molar-refractivity contribution in [1.29, 1.82) is 0 Å². The van der Waals surface area contributed by atoms with Crippen LogP contribution in [0.5, 0.6) is 0 Å². The van der Waals surface area contributed by atoms with Crippen LogP contribution in [-0.2, 0) is 13.0 Å². The summed E-state index contributed by atoms with van der Waals surface area (Å²) in [4.78, 5) is 4.22. The third-order valence-corrected chi connectivity index (χ3v) is 3.46. The van der Waals surface area contributed by atoms with Gasteiger partial charge in [-0.3, -0.25) is 0 Å². The first kappa shape index (κ1) is 14.2. The molecular formula is C14H16BrFN2O. The number of nitrogens with zero attached hydrogens (tertiary/aromatic N) is 2. The molecule has 1 heterocycles. The Morgan fingerprint density at radius 3 is 2.95 bits per heavy atom. The van der Waals surface area contributed by atoms with Gasteiger partial charge in [0.15, 0.2) is 0 Å². The molecule has 0 fully saturated rings. The molecular weight excluding hydrogens is 311 g/mol. The summed E-state index contributed by atoms with van der Waals surface area (Å²) in [6, 6.07) is 4.68. The van der Waals surface area contributed by atoms with Crippen molar-refractivity contribution in [2.24, 2.45) is 0 Å². The maximum absolute atomic E-state index is 13.8. The third kappa shape index (κ3) is 3.42. The molecule has 0 saturated carbocycles. The standard InChI is InChI=1S/C14H16BrFN2O/c1-2-6-18-7-5-17-14(18)9-13(19)11-4-3-10(15)8-12(11)16/h3-5,7-8,13,19H,2,6,9H2,1H3. The minimum absolute atomic E-state index is 0.300. The van der Waals surface area contributed by atoms with Crippen molar-refractivity contribution in [1.82, 2.24) is 9.55 Å². The summed E-state index contributed by atoms with van der Waals surface area (Å²) in [7, 11) is 0. The van der Waals surface area contributed by atoms with Gasteiger partial charge in [-0.2, -0.15) is 0 Å². The number of hydrogen-bond acceptors (Lipinski definition) is 2. The Morgan fingerprint density at radius 2 is 2.26 bits per heavy atom. The van der Waals surface area contributed by atoms with E-state index in [0.717, 1.165) is 18.8 Å². The van der Waals surface area contributed by atoms with Crippen LogP contribution in [0.1, 0.15) is 30.8 Å². The van der Waals surface area contributed by atoms with E-state index in [4.69, 9.17) is 0 Å². The lowest BCUT2D eigenvalue weighted by Gasteiger charge is -2.13. The minimum atomic E-state index is -0.883. The minimum Gasteiger partial charge on any atom is -0.388 e. The van der Waals surface area contributed by atoms with E-state index in [-0.39, 0.29) is 0 Å². The number of aryl methyl sites for hydroxylation is 1. The van der Waals surface area contributed by atoms with Gasteiger partial charge in [-0.15, -0.1) is 0 Å². The van der Waals surface area contributed by atoms with Crippen molar-refractivity contribution in [2.45, 2.75) is 32.4 Å². The zero-order valence-corrected chi connectivity index (χ0v) is 12.3. The Labute approximate surface area is 120 Å². The van der Waals surface area contributed by atoms with Gasteiger partial charge in [0, 0.05) is 35.4 Å². The first-order valence-electron chi connectivity index (χ1n) is 6.24. The van der Waals surface area contributed by atoms with E-state index in [2.05, 4.69) is 27.8 Å². The van der Waals surface area contributed by atoms with E-state index in [9.17, 15) is 9.50 Å². The fourth-order valence-electron chi connectivity index (χ4n) is 2.03. The number of rotatable bonds is 5. The SMILES string of the molecule is CCCn1ccnc1CC(O)c1ccc(Br)cc1F. The van der Waals surface area contributed by atoms with Crippen LogP contribution in [0, 0.1) is 5.82 Å². The molecule has 0 aliphatic heterocycles. The molecule has 1 atom stereocenters. The van der Waals surface area contributed by atoms with Gasteiger partial charge in [0.2, 0.25) is 0 Å². The lowest BCUT2D eigenvalue weighted by molar-refractivity contribution is 0.169. The molecule has 0 aliphatic rings. The average molecular weight is 327 g/mol. The Bertz CT molecular complexity index is 556. The number of benzene rings is 1. The van der Waals surface area contributed by atoms with Crippen LogP contribution in [0.15, 0.2) is 35.1 Å². The predicted molar refractivity (Wildman–Crippen MR) is 75.3 cm³/mol. The first-order valence-corrected chi connectivity index (χ1v) is 7.04. The second kappa shape index (κ2) is 6.30. The van der Waals surface area contributed by atoms with E-state index >= 15 is 0 Å². The molecule has 5 heteroatoms. The summed E-state index contributed by atoms with van der Waals surface area (Å²) in [5, 5.41) is 10.1. The van der Waals surface area contributed by atoms with Crippen molar-refractivity contribution < 1.29 is 9.50 Å². The van der Waals surface area contributed by atoms with E-state index in [0.29, 0.717) is 16.5 Å². The molecule has 3 nitrogen and oxygen atoms in total. The number of imidazole rings is 1. The summed E-state index contributed by atoms with van der Waals surface area (Å²) >= 11 is 3.20. The largest absolute Gasteiger partial charge is 0.388 e. The average Bonchev–Trinajstić information content (AvgIpc) is 2.77. The summed E-state index contributed by atoms with van der Waals surface area (Å²) in [5.41, 5.74) is 0.300. The highest BCUT2D eigenvalue weighted by atomic mass is 79.9. The fourth-order valence-corrected chi connectivity index (χ4v) is 2.36. The summed E-state index contributed by atoms with van der Waals surface area (Å²) in [5.74, 6) is 0.368. The second-order valence-corrected chi connectivity index (χ2v) is 5.34. The zero-order chi connectivity index (χ0) is 13.8. The summed E-state index contributed by atoms with van der Waals surface area (Å²) in [6.45, 7) is 2.93. The highest BCUT2D eigenvalue weighted by Gasteiger charge is 2.16. The van der Waals surface area contributed by atoms with Gasteiger partial charge in [-0.25, -0.2) is 9.37 Å². The van der Waals surface area contributed by atoms with Crippen LogP contribution in [0.2, 0.25) is 0 Å². The van der Waals surface area contributed by atoms with Gasteiger partial charge >= 0.3 is 0 Å². The monoisotopic (exact) mass is 326 g/mol.